The van der Waals surface area contributed by atoms with Gasteiger partial charge in [-0.1, -0.05) is 37.5 Å². The number of hydrogen-bond donors (Lipinski definition) is 2. The van der Waals surface area contributed by atoms with Gasteiger partial charge in [-0.15, -0.1) is 11.8 Å². The number of nitrogens with zero attached hydrogens (tertiary/aromatic N) is 1. The van der Waals surface area contributed by atoms with Crippen molar-refractivity contribution in [2.45, 2.75) is 74.1 Å². The number of nitrogens with one attached hydrogen (secondary N) is 2. The largest absolute Gasteiger partial charge is 0.382 e. The highest BCUT2D eigenvalue weighted by Crippen LogP contribution is 2.55. The predicted molar refractivity (Wildman–Crippen MR) is 142 cm³/mol. The van der Waals surface area contributed by atoms with Crippen molar-refractivity contribution in [2.24, 2.45) is 11.8 Å². The number of thioether (sulfide) groups is 1. The van der Waals surface area contributed by atoms with Crippen LogP contribution in [-0.2, 0) is 23.9 Å². The van der Waals surface area contributed by atoms with Crippen LogP contribution in [0.1, 0.15) is 45.4 Å². The van der Waals surface area contributed by atoms with Gasteiger partial charge in [0.1, 0.15) is 11.6 Å². The summed E-state index contributed by atoms with van der Waals surface area (Å²) in [5.74, 6) is -2.06. The normalized spacial score (nSPS) is 30.5. The zero-order valence-corrected chi connectivity index (χ0v) is 22.4. The summed E-state index contributed by atoms with van der Waals surface area (Å²) in [6, 6.07) is 6.95. The minimum atomic E-state index is -1.13. The molecular formula is C28H37N3O5S. The van der Waals surface area contributed by atoms with E-state index in [-0.39, 0.29) is 23.8 Å². The molecule has 2 saturated heterocycles. The van der Waals surface area contributed by atoms with Crippen molar-refractivity contribution in [3.05, 3.63) is 36.4 Å². The summed E-state index contributed by atoms with van der Waals surface area (Å²) in [5.41, 5.74) is -0.446. The van der Waals surface area contributed by atoms with Gasteiger partial charge in [0.15, 0.2) is 0 Å². The summed E-state index contributed by atoms with van der Waals surface area (Å²) in [5, 5.41) is 6.22. The van der Waals surface area contributed by atoms with Crippen molar-refractivity contribution in [1.82, 2.24) is 10.2 Å². The van der Waals surface area contributed by atoms with Gasteiger partial charge in [0, 0.05) is 36.4 Å². The van der Waals surface area contributed by atoms with E-state index in [9.17, 15) is 14.4 Å². The lowest BCUT2D eigenvalue weighted by molar-refractivity contribution is -0.141. The van der Waals surface area contributed by atoms with Crippen LogP contribution in [0.3, 0.4) is 0 Å². The number of anilines is 1. The number of carbonyl (C=O) groups excluding carboxylic acids is 3. The summed E-state index contributed by atoms with van der Waals surface area (Å²) in [4.78, 5) is 43.9. The molecule has 1 spiro atoms. The van der Waals surface area contributed by atoms with Crippen LogP contribution in [-0.4, -0.2) is 72.4 Å². The lowest BCUT2D eigenvalue weighted by atomic mass is 9.74. The molecule has 3 unspecified atom stereocenters. The van der Waals surface area contributed by atoms with Crippen LogP contribution >= 0.6 is 11.8 Å². The zero-order chi connectivity index (χ0) is 26.0. The first-order chi connectivity index (χ1) is 18.0. The SMILES string of the molecule is CCOCCCN1C(=O)[C@@H]2C(C(=O)Nc3cccc(SC)c3)[C@@H]3C=CC2(O3)C1C(=O)NC1CCCCC1. The predicted octanol–water partition coefficient (Wildman–Crippen LogP) is 3.37. The Balaban J connectivity index is 1.40. The maximum absolute atomic E-state index is 13.9. The van der Waals surface area contributed by atoms with Crippen molar-refractivity contribution in [3.8, 4) is 0 Å². The number of rotatable bonds is 10. The number of amides is 3. The van der Waals surface area contributed by atoms with Gasteiger partial charge in [0.2, 0.25) is 17.7 Å². The average Bonchev–Trinajstić information content (AvgIpc) is 3.54. The van der Waals surface area contributed by atoms with Crippen LogP contribution in [0.15, 0.2) is 41.3 Å². The summed E-state index contributed by atoms with van der Waals surface area (Å²) in [7, 11) is 0. The average molecular weight is 528 g/mol. The minimum absolute atomic E-state index is 0.113. The van der Waals surface area contributed by atoms with Crippen molar-refractivity contribution >= 4 is 35.2 Å². The van der Waals surface area contributed by atoms with E-state index in [1.54, 1.807) is 16.7 Å². The molecule has 200 valence electrons. The van der Waals surface area contributed by atoms with E-state index < -0.39 is 29.6 Å². The highest BCUT2D eigenvalue weighted by Gasteiger charge is 2.72. The Morgan fingerprint density at radius 1 is 1.22 bits per heavy atom. The molecule has 3 heterocycles. The van der Waals surface area contributed by atoms with E-state index in [0.29, 0.717) is 31.9 Å². The lowest BCUT2D eigenvalue weighted by Gasteiger charge is -2.34. The number of ether oxygens (including phenoxy) is 2. The highest BCUT2D eigenvalue weighted by atomic mass is 32.2. The van der Waals surface area contributed by atoms with Gasteiger partial charge >= 0.3 is 0 Å². The van der Waals surface area contributed by atoms with Gasteiger partial charge < -0.3 is 25.0 Å². The van der Waals surface area contributed by atoms with Crippen molar-refractivity contribution in [3.63, 3.8) is 0 Å². The van der Waals surface area contributed by atoms with Gasteiger partial charge in [0.05, 0.1) is 17.9 Å². The first kappa shape index (κ1) is 26.3. The fourth-order valence-corrected chi connectivity index (χ4v) is 6.90. The fraction of sp³-hybridized carbons (Fsp3) is 0.607. The number of hydrogen-bond acceptors (Lipinski definition) is 6. The molecule has 3 amide bonds. The van der Waals surface area contributed by atoms with Crippen LogP contribution < -0.4 is 10.6 Å². The summed E-state index contributed by atoms with van der Waals surface area (Å²) in [6.45, 7) is 3.41. The van der Waals surface area contributed by atoms with Gasteiger partial charge in [-0.3, -0.25) is 14.4 Å². The van der Waals surface area contributed by atoms with Crippen molar-refractivity contribution in [2.75, 3.05) is 31.3 Å². The third-order valence-corrected chi connectivity index (χ3v) is 8.83. The van der Waals surface area contributed by atoms with Crippen LogP contribution in [0, 0.1) is 11.8 Å². The Bertz CT molecular complexity index is 1060. The third kappa shape index (κ3) is 4.93. The molecule has 8 nitrogen and oxygen atoms in total. The lowest BCUT2D eigenvalue weighted by Crippen LogP contribution is -2.56. The molecule has 3 aliphatic heterocycles. The van der Waals surface area contributed by atoms with Gasteiger partial charge in [-0.2, -0.15) is 0 Å². The molecule has 9 heteroatoms. The van der Waals surface area contributed by atoms with Crippen molar-refractivity contribution in [1.29, 1.82) is 0 Å². The van der Waals surface area contributed by atoms with Gasteiger partial charge in [-0.25, -0.2) is 0 Å². The quantitative estimate of drug-likeness (QED) is 0.275. The smallest absolute Gasteiger partial charge is 0.246 e. The molecule has 2 N–H and O–H groups in total. The second-order valence-electron chi connectivity index (χ2n) is 10.3. The molecule has 1 saturated carbocycles. The maximum Gasteiger partial charge on any atom is 0.246 e. The Labute approximate surface area is 222 Å². The van der Waals surface area contributed by atoms with E-state index in [4.69, 9.17) is 9.47 Å². The van der Waals surface area contributed by atoms with E-state index in [1.165, 1.54) is 6.42 Å². The molecule has 5 rings (SSSR count). The molecule has 0 aromatic heterocycles. The van der Waals surface area contributed by atoms with Gasteiger partial charge in [0.25, 0.3) is 0 Å². The minimum Gasteiger partial charge on any atom is -0.382 e. The Morgan fingerprint density at radius 2 is 2.03 bits per heavy atom. The fourth-order valence-electron chi connectivity index (χ4n) is 6.44. The molecule has 3 fully saturated rings. The van der Waals surface area contributed by atoms with E-state index >= 15 is 0 Å². The Kier molecular flexibility index (Phi) is 7.93. The maximum atomic E-state index is 13.9. The summed E-state index contributed by atoms with van der Waals surface area (Å²) in [6.07, 6.45) is 11.1. The molecule has 1 aromatic rings. The van der Waals surface area contributed by atoms with E-state index in [1.807, 2.05) is 49.6 Å². The number of carbonyl (C=O) groups is 3. The molecule has 1 aromatic carbocycles. The second kappa shape index (κ2) is 11.2. The van der Waals surface area contributed by atoms with Crippen LogP contribution in [0.4, 0.5) is 5.69 Å². The Morgan fingerprint density at radius 3 is 2.78 bits per heavy atom. The second-order valence-corrected chi connectivity index (χ2v) is 11.2. The zero-order valence-electron chi connectivity index (χ0n) is 21.6. The molecule has 4 aliphatic rings. The Hall–Kier alpha value is -2.36. The number of likely N-dealkylation sites (tertiary alicyclic amines) is 1. The standard InChI is InChI=1S/C28H37N3O5S/c1-3-35-16-8-15-31-24(26(33)29-18-9-5-4-6-10-18)28-14-13-21(36-28)22(23(28)27(31)34)25(32)30-19-11-7-12-20(17-19)37-2/h7,11-14,17-18,21-24H,3-6,8-10,15-16H2,1-2H3,(H,29,33)(H,30,32)/t21-,22?,23-,24?,28?/m0/s1. The number of benzene rings is 1. The van der Waals surface area contributed by atoms with Crippen LogP contribution in [0.5, 0.6) is 0 Å². The summed E-state index contributed by atoms with van der Waals surface area (Å²) >= 11 is 1.60. The molecule has 0 radical (unpaired) electrons. The molecule has 1 aliphatic carbocycles. The van der Waals surface area contributed by atoms with Crippen molar-refractivity contribution < 1.29 is 23.9 Å². The molecule has 2 bridgehead atoms. The van der Waals surface area contributed by atoms with E-state index in [2.05, 4.69) is 10.6 Å². The first-order valence-corrected chi connectivity index (χ1v) is 14.7. The third-order valence-electron chi connectivity index (χ3n) is 8.11. The first-order valence-electron chi connectivity index (χ1n) is 13.5. The molecule has 37 heavy (non-hydrogen) atoms. The summed E-state index contributed by atoms with van der Waals surface area (Å²) < 4.78 is 11.9. The monoisotopic (exact) mass is 527 g/mol. The van der Waals surface area contributed by atoms with Crippen LogP contribution in [0.2, 0.25) is 0 Å². The van der Waals surface area contributed by atoms with Gasteiger partial charge in [-0.05, 0) is 50.6 Å². The molecule has 5 atom stereocenters. The number of fused-ring (bicyclic) bond motifs is 1. The highest BCUT2D eigenvalue weighted by molar-refractivity contribution is 7.98. The topological polar surface area (TPSA) is 97.0 Å². The van der Waals surface area contributed by atoms with Crippen LogP contribution in [0.25, 0.3) is 0 Å². The molecular weight excluding hydrogens is 490 g/mol. The van der Waals surface area contributed by atoms with E-state index in [0.717, 1.165) is 30.6 Å².